The molecule has 6 nitrogen and oxygen atoms in total. The van der Waals surface area contributed by atoms with Crippen LogP contribution < -0.4 is 5.32 Å². The molecule has 1 aliphatic rings. The number of amides is 3. The number of hydrogen-bond acceptors (Lipinski definition) is 3. The van der Waals surface area contributed by atoms with Gasteiger partial charge in [-0.25, -0.2) is 18.4 Å². The van der Waals surface area contributed by atoms with Crippen LogP contribution >= 0.6 is 0 Å². The van der Waals surface area contributed by atoms with E-state index in [1.807, 2.05) is 0 Å². The number of nitrogens with one attached hydrogen (secondary N) is 1. The molecule has 1 fully saturated rings. The number of halogens is 2. The Morgan fingerprint density at radius 1 is 1.09 bits per heavy atom. The average Bonchev–Trinajstić information content (AvgIpc) is 2.76. The highest BCUT2D eigenvalue weighted by Gasteiger charge is 2.22. The summed E-state index contributed by atoms with van der Waals surface area (Å²) < 4.78 is 30.6. The molecule has 120 valence electrons. The van der Waals surface area contributed by atoms with Gasteiger partial charge in [0.05, 0.1) is 7.11 Å². The molecular formula is C14H17F2N3O3. The van der Waals surface area contributed by atoms with Crippen LogP contribution in [0.1, 0.15) is 6.42 Å². The molecule has 0 saturated carbocycles. The Hall–Kier alpha value is -2.38. The number of carbonyl (C=O) groups excluding carboxylic acids is 2. The summed E-state index contributed by atoms with van der Waals surface area (Å²) in [6.45, 7) is 1.66. The smallest absolute Gasteiger partial charge is 0.409 e. The zero-order valence-corrected chi connectivity index (χ0v) is 12.1. The summed E-state index contributed by atoms with van der Waals surface area (Å²) in [6.07, 6.45) is 0.184. The molecule has 1 N–H and O–H groups in total. The Bertz CT molecular complexity index is 568. The molecule has 3 amide bonds. The van der Waals surface area contributed by atoms with E-state index >= 15 is 0 Å². The number of urea groups is 1. The standard InChI is InChI=1S/C14H17F2N3O3/c1-22-14(21)19-6-2-5-18(7-8-19)13(20)17-10-3-4-11(15)12(16)9-10/h3-4,9H,2,5-8H2,1H3,(H,17,20). The van der Waals surface area contributed by atoms with E-state index in [4.69, 9.17) is 0 Å². The maximum atomic E-state index is 13.1. The second-order valence-corrected chi connectivity index (χ2v) is 4.86. The minimum Gasteiger partial charge on any atom is -0.453 e. The highest BCUT2D eigenvalue weighted by Crippen LogP contribution is 2.14. The van der Waals surface area contributed by atoms with Crippen LogP contribution in [0.15, 0.2) is 18.2 Å². The van der Waals surface area contributed by atoms with Gasteiger partial charge in [0.15, 0.2) is 11.6 Å². The quantitative estimate of drug-likeness (QED) is 0.865. The normalized spacial score (nSPS) is 15.2. The van der Waals surface area contributed by atoms with Crippen LogP contribution in [0.25, 0.3) is 0 Å². The molecule has 0 bridgehead atoms. The Balaban J connectivity index is 1.95. The number of benzene rings is 1. The van der Waals surface area contributed by atoms with Crippen molar-refractivity contribution in [2.75, 3.05) is 38.6 Å². The first-order chi connectivity index (χ1) is 10.5. The van der Waals surface area contributed by atoms with Crippen molar-refractivity contribution < 1.29 is 23.1 Å². The van der Waals surface area contributed by atoms with Crippen molar-refractivity contribution in [2.45, 2.75) is 6.42 Å². The van der Waals surface area contributed by atoms with E-state index in [0.29, 0.717) is 32.6 Å². The molecule has 1 aliphatic heterocycles. The lowest BCUT2D eigenvalue weighted by atomic mass is 10.3. The molecule has 0 aliphatic carbocycles. The van der Waals surface area contributed by atoms with Gasteiger partial charge < -0.3 is 19.9 Å². The lowest BCUT2D eigenvalue weighted by Crippen LogP contribution is -2.39. The molecule has 22 heavy (non-hydrogen) atoms. The third-order valence-electron chi connectivity index (χ3n) is 3.39. The Kier molecular flexibility index (Phi) is 5.13. The van der Waals surface area contributed by atoms with E-state index in [-0.39, 0.29) is 5.69 Å². The highest BCUT2D eigenvalue weighted by molar-refractivity contribution is 5.89. The molecule has 1 aromatic rings. The van der Waals surface area contributed by atoms with Crippen LogP contribution in [-0.4, -0.2) is 55.2 Å². The number of methoxy groups -OCH3 is 1. The van der Waals surface area contributed by atoms with Gasteiger partial charge in [-0.1, -0.05) is 0 Å². The lowest BCUT2D eigenvalue weighted by Gasteiger charge is -2.21. The number of rotatable bonds is 1. The van der Waals surface area contributed by atoms with E-state index in [1.165, 1.54) is 23.0 Å². The lowest BCUT2D eigenvalue weighted by molar-refractivity contribution is 0.125. The maximum absolute atomic E-state index is 13.1. The minimum atomic E-state index is -1.02. The minimum absolute atomic E-state index is 0.179. The van der Waals surface area contributed by atoms with Gasteiger partial charge in [-0.15, -0.1) is 0 Å². The van der Waals surface area contributed by atoms with Crippen LogP contribution in [0, 0.1) is 11.6 Å². The van der Waals surface area contributed by atoms with E-state index in [2.05, 4.69) is 10.1 Å². The summed E-state index contributed by atoms with van der Waals surface area (Å²) in [7, 11) is 1.31. The van der Waals surface area contributed by atoms with E-state index in [9.17, 15) is 18.4 Å². The molecule has 0 atom stereocenters. The largest absolute Gasteiger partial charge is 0.453 e. The summed E-state index contributed by atoms with van der Waals surface area (Å²) in [5, 5.41) is 2.51. The molecule has 8 heteroatoms. The van der Waals surface area contributed by atoms with Gasteiger partial charge in [0.2, 0.25) is 0 Å². The number of carbonyl (C=O) groups is 2. The Labute approximate surface area is 126 Å². The second-order valence-electron chi connectivity index (χ2n) is 4.86. The van der Waals surface area contributed by atoms with Crippen LogP contribution in [-0.2, 0) is 4.74 Å². The second kappa shape index (κ2) is 7.06. The van der Waals surface area contributed by atoms with Crippen molar-refractivity contribution in [3.05, 3.63) is 29.8 Å². The maximum Gasteiger partial charge on any atom is 0.409 e. The first-order valence-corrected chi connectivity index (χ1v) is 6.85. The summed E-state index contributed by atoms with van der Waals surface area (Å²) in [4.78, 5) is 26.6. The summed E-state index contributed by atoms with van der Waals surface area (Å²) >= 11 is 0. The number of ether oxygens (including phenoxy) is 1. The monoisotopic (exact) mass is 313 g/mol. The van der Waals surface area contributed by atoms with Crippen LogP contribution in [0.3, 0.4) is 0 Å². The third-order valence-corrected chi connectivity index (χ3v) is 3.39. The fraction of sp³-hybridized carbons (Fsp3) is 0.429. The predicted octanol–water partition coefficient (Wildman–Crippen LogP) is 2.27. The zero-order chi connectivity index (χ0) is 16.1. The fourth-order valence-corrected chi connectivity index (χ4v) is 2.21. The summed E-state index contributed by atoms with van der Waals surface area (Å²) in [5.74, 6) is -1.99. The molecule has 2 rings (SSSR count). The molecule has 1 saturated heterocycles. The van der Waals surface area contributed by atoms with Crippen LogP contribution in [0.2, 0.25) is 0 Å². The summed E-state index contributed by atoms with van der Waals surface area (Å²) in [6, 6.07) is 2.74. The van der Waals surface area contributed by atoms with Crippen molar-refractivity contribution >= 4 is 17.8 Å². The molecule has 0 spiro atoms. The van der Waals surface area contributed by atoms with E-state index < -0.39 is 23.8 Å². The van der Waals surface area contributed by atoms with Crippen molar-refractivity contribution in [3.63, 3.8) is 0 Å². The first-order valence-electron chi connectivity index (χ1n) is 6.85. The van der Waals surface area contributed by atoms with Crippen molar-refractivity contribution in [2.24, 2.45) is 0 Å². The number of anilines is 1. The van der Waals surface area contributed by atoms with Crippen molar-refractivity contribution in [1.29, 1.82) is 0 Å². The Morgan fingerprint density at radius 2 is 1.77 bits per heavy atom. The summed E-state index contributed by atoms with van der Waals surface area (Å²) in [5.41, 5.74) is 0.179. The van der Waals surface area contributed by atoms with Gasteiger partial charge in [0.1, 0.15) is 0 Å². The zero-order valence-electron chi connectivity index (χ0n) is 12.1. The van der Waals surface area contributed by atoms with Gasteiger partial charge in [-0.3, -0.25) is 0 Å². The van der Waals surface area contributed by atoms with Crippen molar-refractivity contribution in [3.8, 4) is 0 Å². The van der Waals surface area contributed by atoms with Gasteiger partial charge in [-0.05, 0) is 18.6 Å². The molecule has 1 heterocycles. The topological polar surface area (TPSA) is 61.9 Å². The van der Waals surface area contributed by atoms with E-state index in [1.54, 1.807) is 0 Å². The highest BCUT2D eigenvalue weighted by atomic mass is 19.2. The predicted molar refractivity (Wildman–Crippen MR) is 75.5 cm³/mol. The van der Waals surface area contributed by atoms with Crippen molar-refractivity contribution in [1.82, 2.24) is 9.80 Å². The van der Waals surface area contributed by atoms with Gasteiger partial charge in [0, 0.05) is 37.9 Å². The molecule has 1 aromatic carbocycles. The number of nitrogens with zero attached hydrogens (tertiary/aromatic N) is 2. The Morgan fingerprint density at radius 3 is 2.45 bits per heavy atom. The van der Waals surface area contributed by atoms with Gasteiger partial charge >= 0.3 is 12.1 Å². The average molecular weight is 313 g/mol. The fourth-order valence-electron chi connectivity index (χ4n) is 2.21. The molecule has 0 aromatic heterocycles. The number of hydrogen-bond donors (Lipinski definition) is 1. The molecular weight excluding hydrogens is 296 g/mol. The first kappa shape index (κ1) is 16.0. The van der Waals surface area contributed by atoms with E-state index in [0.717, 1.165) is 12.1 Å². The van der Waals surface area contributed by atoms with Gasteiger partial charge in [-0.2, -0.15) is 0 Å². The van der Waals surface area contributed by atoms with Crippen LogP contribution in [0.5, 0.6) is 0 Å². The molecule has 0 radical (unpaired) electrons. The van der Waals surface area contributed by atoms with Crippen LogP contribution in [0.4, 0.5) is 24.1 Å². The van der Waals surface area contributed by atoms with Gasteiger partial charge in [0.25, 0.3) is 0 Å². The molecule has 0 unspecified atom stereocenters. The SMILES string of the molecule is COC(=O)N1CCCN(C(=O)Nc2ccc(F)c(F)c2)CC1. The third kappa shape index (κ3) is 3.84.